The van der Waals surface area contributed by atoms with Gasteiger partial charge in [0.05, 0.1) is 4.70 Å². The molecule has 0 spiro atoms. The number of thiazole rings is 1. The molecule has 0 aliphatic heterocycles. The van der Waals surface area contributed by atoms with E-state index in [-0.39, 0.29) is 34.7 Å². The van der Waals surface area contributed by atoms with Crippen molar-refractivity contribution in [3.8, 4) is 5.75 Å². The Morgan fingerprint density at radius 3 is 2.26 bits per heavy atom. The molecule has 16 heteroatoms. The molecule has 3 aromatic carbocycles. The Balaban J connectivity index is 1.41. The number of esters is 2. The van der Waals surface area contributed by atoms with Gasteiger partial charge in [0.15, 0.2) is 5.75 Å². The molecular formula is C30H26F7N3O5S. The van der Waals surface area contributed by atoms with Crippen molar-refractivity contribution < 1.29 is 49.8 Å². The van der Waals surface area contributed by atoms with Gasteiger partial charge in [0.2, 0.25) is 0 Å². The third kappa shape index (κ3) is 9.37. The predicted octanol–water partition coefficient (Wildman–Crippen LogP) is 5.51. The van der Waals surface area contributed by atoms with Crippen LogP contribution < -0.4 is 20.2 Å². The molecule has 0 aliphatic carbocycles. The number of rotatable bonds is 13. The Kier molecular flexibility index (Phi) is 11.2. The number of hydrogen-bond donors (Lipinski definition) is 3. The second-order valence-corrected chi connectivity index (χ2v) is 10.9. The topological polar surface area (TPSA) is 110 Å². The number of aromatic nitrogens is 1. The van der Waals surface area contributed by atoms with Crippen LogP contribution in [0.2, 0.25) is 0 Å². The Labute approximate surface area is 260 Å². The fourth-order valence-electron chi connectivity index (χ4n) is 4.45. The second kappa shape index (κ2) is 14.9. The number of fused-ring (bicyclic) bond motifs is 1. The fourth-order valence-corrected chi connectivity index (χ4v) is 5.36. The normalized spacial score (nSPS) is 12.7. The molecular weight excluding hydrogens is 647 g/mol. The van der Waals surface area contributed by atoms with Crippen molar-refractivity contribution >= 4 is 33.5 Å². The van der Waals surface area contributed by atoms with E-state index in [1.165, 1.54) is 6.07 Å². The minimum absolute atomic E-state index is 0.126. The summed E-state index contributed by atoms with van der Waals surface area (Å²) in [6.45, 7) is 0.911. The molecule has 4 rings (SSSR count). The summed E-state index contributed by atoms with van der Waals surface area (Å²) in [5.41, 5.74) is 1.92. The molecule has 1 aromatic heterocycles. The van der Waals surface area contributed by atoms with Crippen molar-refractivity contribution in [1.29, 1.82) is 0 Å². The maximum atomic E-state index is 13.8. The van der Waals surface area contributed by atoms with Gasteiger partial charge in [-0.05, 0) is 60.8 Å². The number of carbonyl (C=O) groups excluding carboxylic acids is 2. The molecule has 4 aromatic rings. The van der Waals surface area contributed by atoms with Gasteiger partial charge < -0.3 is 25.1 Å². The lowest BCUT2D eigenvalue weighted by Crippen LogP contribution is -2.32. The van der Waals surface area contributed by atoms with Gasteiger partial charge in [-0.15, -0.1) is 0 Å². The zero-order chi connectivity index (χ0) is 33.5. The van der Waals surface area contributed by atoms with Crippen molar-refractivity contribution in [3.63, 3.8) is 0 Å². The van der Waals surface area contributed by atoms with Crippen LogP contribution in [0.4, 0.5) is 30.7 Å². The van der Waals surface area contributed by atoms with E-state index < -0.39 is 41.0 Å². The Bertz CT molecular complexity index is 1740. The zero-order valence-electron chi connectivity index (χ0n) is 23.7. The van der Waals surface area contributed by atoms with Crippen molar-refractivity contribution in [3.05, 3.63) is 98.4 Å². The van der Waals surface area contributed by atoms with Crippen LogP contribution in [0, 0.1) is 5.82 Å². The summed E-state index contributed by atoms with van der Waals surface area (Å²) < 4.78 is 100. The molecule has 46 heavy (non-hydrogen) atoms. The van der Waals surface area contributed by atoms with Crippen LogP contribution >= 0.6 is 11.3 Å². The number of hydrogen-bond acceptors (Lipinski definition) is 8. The zero-order valence-corrected chi connectivity index (χ0v) is 24.5. The maximum Gasteiger partial charge on any atom is 0.491 e. The Hall–Kier alpha value is -4.28. The lowest BCUT2D eigenvalue weighted by Gasteiger charge is -2.21. The van der Waals surface area contributed by atoms with Crippen LogP contribution in [0.3, 0.4) is 0 Å². The van der Waals surface area contributed by atoms with Gasteiger partial charge in [-0.2, -0.15) is 26.3 Å². The quantitative estimate of drug-likeness (QED) is 0.0744. The van der Waals surface area contributed by atoms with Crippen molar-refractivity contribution in [2.45, 2.75) is 37.8 Å². The van der Waals surface area contributed by atoms with E-state index in [1.54, 1.807) is 18.2 Å². The highest BCUT2D eigenvalue weighted by atomic mass is 32.1. The van der Waals surface area contributed by atoms with Crippen LogP contribution in [-0.4, -0.2) is 48.9 Å². The molecule has 0 aliphatic rings. The van der Waals surface area contributed by atoms with Crippen LogP contribution in [0.1, 0.15) is 28.4 Å². The van der Waals surface area contributed by atoms with Crippen molar-refractivity contribution in [2.24, 2.45) is 0 Å². The summed E-state index contributed by atoms with van der Waals surface area (Å²) in [6, 6.07) is 15.8. The van der Waals surface area contributed by atoms with Gasteiger partial charge in [-0.3, -0.25) is 4.79 Å². The summed E-state index contributed by atoms with van der Waals surface area (Å²) in [4.78, 5) is 36.6. The lowest BCUT2D eigenvalue weighted by molar-refractivity contribution is -0.205. The number of benzene rings is 3. The van der Waals surface area contributed by atoms with E-state index in [4.69, 9.17) is 4.74 Å². The monoisotopic (exact) mass is 673 g/mol. The van der Waals surface area contributed by atoms with Gasteiger partial charge in [-0.1, -0.05) is 53.8 Å². The second-order valence-electron chi connectivity index (χ2n) is 9.94. The SMILES string of the molecule is O=C(Oc1ccc([C@H](CNCCc2cccc(CNCCc3ccccc3F)c2)OC(=O)C(F)(F)F)c2sc(=O)[nH]c12)C(F)(F)F. The minimum atomic E-state index is -5.35. The first-order valence-corrected chi connectivity index (χ1v) is 14.5. The summed E-state index contributed by atoms with van der Waals surface area (Å²) in [7, 11) is 0. The summed E-state index contributed by atoms with van der Waals surface area (Å²) in [6.07, 6.45) is -11.4. The van der Waals surface area contributed by atoms with E-state index >= 15 is 0 Å². The Morgan fingerprint density at radius 2 is 1.54 bits per heavy atom. The first kappa shape index (κ1) is 34.6. The predicted molar refractivity (Wildman–Crippen MR) is 154 cm³/mol. The molecule has 8 nitrogen and oxygen atoms in total. The van der Waals surface area contributed by atoms with Crippen LogP contribution in [-0.2, 0) is 33.7 Å². The number of halogens is 7. The van der Waals surface area contributed by atoms with E-state index in [2.05, 4.69) is 20.4 Å². The summed E-state index contributed by atoms with van der Waals surface area (Å²) in [5.74, 6) is -6.04. The number of aromatic amines is 1. The van der Waals surface area contributed by atoms with E-state index in [1.807, 2.05) is 24.3 Å². The van der Waals surface area contributed by atoms with E-state index in [0.29, 0.717) is 42.8 Å². The molecule has 1 heterocycles. The van der Waals surface area contributed by atoms with Crippen molar-refractivity contribution in [2.75, 3.05) is 19.6 Å². The molecule has 3 N–H and O–H groups in total. The summed E-state index contributed by atoms with van der Waals surface area (Å²) in [5, 5.41) is 6.15. The number of alkyl halides is 6. The average Bonchev–Trinajstić information content (AvgIpc) is 3.39. The molecule has 0 saturated heterocycles. The highest BCUT2D eigenvalue weighted by Crippen LogP contribution is 2.35. The molecule has 0 saturated carbocycles. The first-order chi connectivity index (χ1) is 21.7. The van der Waals surface area contributed by atoms with Gasteiger partial charge in [-0.25, -0.2) is 14.0 Å². The lowest BCUT2D eigenvalue weighted by atomic mass is 10.1. The van der Waals surface area contributed by atoms with E-state index in [9.17, 15) is 45.1 Å². The maximum absolute atomic E-state index is 13.8. The molecule has 0 amide bonds. The smallest absolute Gasteiger partial charge is 0.449 e. The van der Waals surface area contributed by atoms with Crippen LogP contribution in [0.5, 0.6) is 5.75 Å². The third-order valence-electron chi connectivity index (χ3n) is 6.60. The molecule has 0 fully saturated rings. The number of H-pyrrole nitrogens is 1. The van der Waals surface area contributed by atoms with Crippen molar-refractivity contribution in [1.82, 2.24) is 15.6 Å². The molecule has 0 bridgehead atoms. The van der Waals surface area contributed by atoms with Gasteiger partial charge in [0, 0.05) is 18.7 Å². The highest BCUT2D eigenvalue weighted by molar-refractivity contribution is 7.16. The third-order valence-corrected chi connectivity index (χ3v) is 7.53. The first-order valence-electron chi connectivity index (χ1n) is 13.7. The Morgan fingerprint density at radius 1 is 0.848 bits per heavy atom. The molecule has 1 atom stereocenters. The molecule has 0 unspecified atom stereocenters. The van der Waals surface area contributed by atoms with Gasteiger partial charge >= 0.3 is 29.2 Å². The standard InChI is InChI=1S/C30H26F7N3O5S/c31-21-7-2-1-6-19(21)11-13-38-15-18-5-3-4-17(14-18)10-12-39-16-23(45-27(42)30(35,36)37)20-8-9-22(44-26(41)29(32,33)34)24-25(20)46-28(43)40-24/h1-9,14,23,38-39H,10-13,15-16H2,(H,40,43)/t23-/m0/s1. The van der Waals surface area contributed by atoms with Gasteiger partial charge in [0.25, 0.3) is 0 Å². The molecule has 0 radical (unpaired) electrons. The fraction of sp³-hybridized carbons (Fsp3) is 0.300. The highest BCUT2D eigenvalue weighted by Gasteiger charge is 2.43. The number of carbonyl (C=O) groups is 2. The minimum Gasteiger partial charge on any atom is -0.449 e. The number of ether oxygens (including phenoxy) is 2. The summed E-state index contributed by atoms with van der Waals surface area (Å²) >= 11 is 0.427. The average molecular weight is 674 g/mol. The largest absolute Gasteiger partial charge is 0.491 e. The molecule has 246 valence electrons. The van der Waals surface area contributed by atoms with E-state index in [0.717, 1.165) is 23.3 Å². The van der Waals surface area contributed by atoms with Gasteiger partial charge in [0.1, 0.15) is 17.4 Å². The number of nitrogens with one attached hydrogen (secondary N) is 3. The van der Waals surface area contributed by atoms with Crippen LogP contribution in [0.15, 0.2) is 65.5 Å². The van der Waals surface area contributed by atoms with Crippen LogP contribution in [0.25, 0.3) is 10.2 Å².